The molecular formula is C20H20F2N4O2. The second-order valence-corrected chi connectivity index (χ2v) is 6.98. The molecule has 1 amide bonds. The van der Waals surface area contributed by atoms with E-state index in [2.05, 4.69) is 10.1 Å². The minimum absolute atomic E-state index is 0.184. The SMILES string of the molecule is COc1c(F)ccc(-c2cc(C3CC3)c3c(cnn3CCCC(N)=O)n2)c1F. The van der Waals surface area contributed by atoms with Crippen LogP contribution in [0.5, 0.6) is 5.75 Å². The number of ether oxygens (including phenoxy) is 1. The molecule has 28 heavy (non-hydrogen) atoms. The number of fused-ring (bicyclic) bond motifs is 1. The number of nitrogens with zero attached hydrogens (tertiary/aromatic N) is 3. The normalized spacial score (nSPS) is 13.8. The van der Waals surface area contributed by atoms with E-state index in [0.29, 0.717) is 30.1 Å². The van der Waals surface area contributed by atoms with Gasteiger partial charge >= 0.3 is 0 Å². The van der Waals surface area contributed by atoms with Gasteiger partial charge in [-0.05, 0) is 48.9 Å². The molecule has 2 aromatic heterocycles. The van der Waals surface area contributed by atoms with Gasteiger partial charge < -0.3 is 10.5 Å². The number of methoxy groups -OCH3 is 1. The first-order chi connectivity index (χ1) is 13.5. The Balaban J connectivity index is 1.79. The van der Waals surface area contributed by atoms with Crippen LogP contribution in [0.1, 0.15) is 37.2 Å². The Hall–Kier alpha value is -3.03. The number of pyridine rings is 1. The Morgan fingerprint density at radius 2 is 2.14 bits per heavy atom. The van der Waals surface area contributed by atoms with Crippen molar-refractivity contribution < 1.29 is 18.3 Å². The van der Waals surface area contributed by atoms with E-state index in [1.165, 1.54) is 19.2 Å². The van der Waals surface area contributed by atoms with Gasteiger partial charge in [0.05, 0.1) is 24.5 Å². The van der Waals surface area contributed by atoms with Crippen molar-refractivity contribution >= 4 is 16.9 Å². The van der Waals surface area contributed by atoms with E-state index in [1.54, 1.807) is 6.20 Å². The van der Waals surface area contributed by atoms with Gasteiger partial charge in [-0.15, -0.1) is 0 Å². The summed E-state index contributed by atoms with van der Waals surface area (Å²) in [5.41, 5.74) is 8.39. The highest BCUT2D eigenvalue weighted by Crippen LogP contribution is 2.44. The molecule has 1 aliphatic rings. The van der Waals surface area contributed by atoms with Crippen LogP contribution >= 0.6 is 0 Å². The number of aryl methyl sites for hydroxylation is 1. The number of amides is 1. The molecule has 8 heteroatoms. The number of carbonyl (C=O) groups is 1. The second kappa shape index (κ2) is 7.18. The van der Waals surface area contributed by atoms with Crippen LogP contribution in [-0.4, -0.2) is 27.8 Å². The third kappa shape index (κ3) is 3.30. The smallest absolute Gasteiger partial charge is 0.217 e. The first kappa shape index (κ1) is 18.3. The van der Waals surface area contributed by atoms with Crippen molar-refractivity contribution in [3.63, 3.8) is 0 Å². The van der Waals surface area contributed by atoms with E-state index in [1.807, 2.05) is 10.7 Å². The molecule has 0 unspecified atom stereocenters. The molecule has 146 valence electrons. The van der Waals surface area contributed by atoms with Crippen LogP contribution in [0.3, 0.4) is 0 Å². The average molecular weight is 386 g/mol. The molecule has 1 saturated carbocycles. The summed E-state index contributed by atoms with van der Waals surface area (Å²) in [5.74, 6) is -1.93. The highest BCUT2D eigenvalue weighted by molar-refractivity contribution is 5.83. The Bertz CT molecular complexity index is 1060. The summed E-state index contributed by atoms with van der Waals surface area (Å²) >= 11 is 0. The molecular weight excluding hydrogens is 366 g/mol. The average Bonchev–Trinajstić information content (AvgIpc) is 3.43. The number of aromatic nitrogens is 3. The van der Waals surface area contributed by atoms with Crippen molar-refractivity contribution in [2.75, 3.05) is 7.11 Å². The highest BCUT2D eigenvalue weighted by Gasteiger charge is 2.29. The van der Waals surface area contributed by atoms with Gasteiger partial charge in [-0.2, -0.15) is 5.10 Å². The highest BCUT2D eigenvalue weighted by atomic mass is 19.1. The molecule has 0 bridgehead atoms. The Kier molecular flexibility index (Phi) is 4.70. The number of nitrogens with two attached hydrogens (primary N) is 1. The van der Waals surface area contributed by atoms with Crippen molar-refractivity contribution in [3.8, 4) is 17.0 Å². The molecule has 0 radical (unpaired) electrons. The number of carbonyl (C=O) groups excluding carboxylic acids is 1. The maximum absolute atomic E-state index is 14.7. The largest absolute Gasteiger partial charge is 0.491 e. The van der Waals surface area contributed by atoms with E-state index in [-0.39, 0.29) is 17.9 Å². The zero-order valence-corrected chi connectivity index (χ0v) is 15.4. The van der Waals surface area contributed by atoms with Crippen LogP contribution in [0.25, 0.3) is 22.3 Å². The van der Waals surface area contributed by atoms with E-state index in [0.717, 1.165) is 23.9 Å². The Labute approximate surface area is 160 Å². The zero-order chi connectivity index (χ0) is 19.8. The first-order valence-corrected chi connectivity index (χ1v) is 9.16. The van der Waals surface area contributed by atoms with Gasteiger partial charge in [-0.25, -0.2) is 13.8 Å². The molecule has 1 fully saturated rings. The van der Waals surface area contributed by atoms with Crippen molar-refractivity contribution in [1.82, 2.24) is 14.8 Å². The fourth-order valence-electron chi connectivity index (χ4n) is 3.47. The van der Waals surface area contributed by atoms with Gasteiger partial charge in [0.1, 0.15) is 5.52 Å². The summed E-state index contributed by atoms with van der Waals surface area (Å²) in [6.07, 6.45) is 4.59. The van der Waals surface area contributed by atoms with Gasteiger partial charge in [-0.1, -0.05) is 0 Å². The molecule has 0 atom stereocenters. The first-order valence-electron chi connectivity index (χ1n) is 9.16. The van der Waals surface area contributed by atoms with E-state index < -0.39 is 17.4 Å². The van der Waals surface area contributed by atoms with Gasteiger partial charge in [0, 0.05) is 18.5 Å². The monoisotopic (exact) mass is 386 g/mol. The van der Waals surface area contributed by atoms with Crippen LogP contribution in [0.2, 0.25) is 0 Å². The summed E-state index contributed by atoms with van der Waals surface area (Å²) in [5, 5.41) is 4.39. The van der Waals surface area contributed by atoms with Crippen LogP contribution in [-0.2, 0) is 11.3 Å². The lowest BCUT2D eigenvalue weighted by Gasteiger charge is -2.12. The molecule has 3 aromatic rings. The standard InChI is InChI=1S/C20H20F2N4O2/c1-28-20-14(21)7-6-12(18(20)22)15-9-13(11-4-5-11)19-16(25-15)10-24-26(19)8-2-3-17(23)27/h6-7,9-11H,2-5,8H2,1H3,(H2,23,27). The van der Waals surface area contributed by atoms with Gasteiger partial charge in [0.15, 0.2) is 17.4 Å². The topological polar surface area (TPSA) is 83.0 Å². The number of rotatable bonds is 7. The van der Waals surface area contributed by atoms with Crippen LogP contribution < -0.4 is 10.5 Å². The van der Waals surface area contributed by atoms with Crippen LogP contribution in [0, 0.1) is 11.6 Å². The maximum Gasteiger partial charge on any atom is 0.217 e. The summed E-state index contributed by atoms with van der Waals surface area (Å²) in [6, 6.07) is 4.39. The Morgan fingerprint density at radius 1 is 1.36 bits per heavy atom. The zero-order valence-electron chi connectivity index (χ0n) is 15.4. The molecule has 1 aliphatic carbocycles. The third-order valence-corrected chi connectivity index (χ3v) is 4.97. The molecule has 4 rings (SSSR count). The molecule has 6 nitrogen and oxygen atoms in total. The summed E-state index contributed by atoms with van der Waals surface area (Å²) < 4.78 is 35.2. The maximum atomic E-state index is 14.7. The van der Waals surface area contributed by atoms with E-state index in [9.17, 15) is 13.6 Å². The molecule has 2 N–H and O–H groups in total. The molecule has 0 saturated heterocycles. The summed E-state index contributed by atoms with van der Waals surface area (Å²) in [7, 11) is 1.23. The lowest BCUT2D eigenvalue weighted by atomic mass is 10.0. The fraction of sp³-hybridized carbons (Fsp3) is 0.350. The fourth-order valence-corrected chi connectivity index (χ4v) is 3.47. The quantitative estimate of drug-likeness (QED) is 0.673. The number of primary amides is 1. The number of hydrogen-bond donors (Lipinski definition) is 1. The van der Waals surface area contributed by atoms with Crippen LogP contribution in [0.15, 0.2) is 24.4 Å². The van der Waals surface area contributed by atoms with Crippen molar-refractivity contribution in [2.24, 2.45) is 5.73 Å². The van der Waals surface area contributed by atoms with Gasteiger partial charge in [-0.3, -0.25) is 9.48 Å². The minimum atomic E-state index is -0.773. The predicted octanol–water partition coefficient (Wildman–Crippen LogP) is 3.53. The van der Waals surface area contributed by atoms with E-state index >= 15 is 0 Å². The van der Waals surface area contributed by atoms with Crippen LogP contribution in [0.4, 0.5) is 8.78 Å². The molecule has 2 heterocycles. The summed E-state index contributed by atoms with van der Waals surface area (Å²) in [6.45, 7) is 0.548. The number of hydrogen-bond acceptors (Lipinski definition) is 4. The number of benzene rings is 1. The number of halogens is 2. The van der Waals surface area contributed by atoms with Crippen molar-refractivity contribution in [3.05, 3.63) is 41.6 Å². The second-order valence-electron chi connectivity index (χ2n) is 6.98. The molecule has 1 aromatic carbocycles. The predicted molar refractivity (Wildman–Crippen MR) is 99.8 cm³/mol. The molecule has 0 spiro atoms. The molecule has 0 aliphatic heterocycles. The van der Waals surface area contributed by atoms with Gasteiger partial charge in [0.2, 0.25) is 5.91 Å². The lowest BCUT2D eigenvalue weighted by Crippen LogP contribution is -2.12. The van der Waals surface area contributed by atoms with E-state index in [4.69, 9.17) is 10.5 Å². The Morgan fingerprint density at radius 3 is 2.82 bits per heavy atom. The lowest BCUT2D eigenvalue weighted by molar-refractivity contribution is -0.118. The summed E-state index contributed by atoms with van der Waals surface area (Å²) in [4.78, 5) is 15.5. The van der Waals surface area contributed by atoms with Crippen molar-refractivity contribution in [2.45, 2.75) is 38.1 Å². The van der Waals surface area contributed by atoms with Gasteiger partial charge in [0.25, 0.3) is 0 Å². The van der Waals surface area contributed by atoms with Crippen molar-refractivity contribution in [1.29, 1.82) is 0 Å². The minimum Gasteiger partial charge on any atom is -0.491 e. The third-order valence-electron chi connectivity index (χ3n) is 4.97.